The van der Waals surface area contributed by atoms with Gasteiger partial charge in [0, 0.05) is 25.7 Å². The third kappa shape index (κ3) is 3.24. The van der Waals surface area contributed by atoms with Gasteiger partial charge in [-0.25, -0.2) is 4.68 Å². The van der Waals surface area contributed by atoms with E-state index in [0.29, 0.717) is 36.2 Å². The molecule has 4 heterocycles. The van der Waals surface area contributed by atoms with Gasteiger partial charge in [0.25, 0.3) is 11.8 Å². The molecule has 3 aromatic rings. The summed E-state index contributed by atoms with van der Waals surface area (Å²) in [5.41, 5.74) is 1.22. The third-order valence-corrected chi connectivity index (χ3v) is 4.63. The first-order valence-electron chi connectivity index (χ1n) is 8.92. The standard InChI is InChI=1S/C17H21N7O2/c1-2-4-15-19-16(26-21-15)14-11-24(22-20-14)12-6-9-23(10-7-12)17(25)13-5-3-8-18-13/h3,5,8,11-12,18H,2,4,6-7,9-10H2,1H3. The minimum atomic E-state index is 0.0436. The highest BCUT2D eigenvalue weighted by molar-refractivity contribution is 5.92. The Hall–Kier alpha value is -2.97. The van der Waals surface area contributed by atoms with E-state index in [1.165, 1.54) is 0 Å². The van der Waals surface area contributed by atoms with Crippen LogP contribution in [0.2, 0.25) is 0 Å². The molecule has 1 amide bonds. The number of likely N-dealkylation sites (tertiary alicyclic amines) is 1. The van der Waals surface area contributed by atoms with Crippen LogP contribution in [0, 0.1) is 0 Å². The van der Waals surface area contributed by atoms with Crippen LogP contribution in [0.4, 0.5) is 0 Å². The molecule has 1 saturated heterocycles. The first kappa shape index (κ1) is 16.5. The van der Waals surface area contributed by atoms with Gasteiger partial charge in [0.1, 0.15) is 5.69 Å². The Morgan fingerprint density at radius 2 is 2.23 bits per heavy atom. The Labute approximate surface area is 150 Å². The Morgan fingerprint density at radius 1 is 1.38 bits per heavy atom. The quantitative estimate of drug-likeness (QED) is 0.751. The van der Waals surface area contributed by atoms with Crippen molar-refractivity contribution in [1.29, 1.82) is 0 Å². The van der Waals surface area contributed by atoms with E-state index in [-0.39, 0.29) is 11.9 Å². The van der Waals surface area contributed by atoms with E-state index in [4.69, 9.17) is 4.52 Å². The number of piperidine rings is 1. The summed E-state index contributed by atoms with van der Waals surface area (Å²) in [5.74, 6) is 1.13. The van der Waals surface area contributed by atoms with Crippen molar-refractivity contribution in [2.75, 3.05) is 13.1 Å². The SMILES string of the molecule is CCCc1noc(-c2cn(C3CCN(C(=O)c4ccc[nH]4)CC3)nn2)n1. The third-order valence-electron chi connectivity index (χ3n) is 4.63. The van der Waals surface area contributed by atoms with E-state index in [1.807, 2.05) is 21.8 Å². The number of hydrogen-bond donors (Lipinski definition) is 1. The van der Waals surface area contributed by atoms with Crippen molar-refractivity contribution < 1.29 is 9.32 Å². The normalized spacial score (nSPS) is 15.5. The number of hydrogen-bond acceptors (Lipinski definition) is 6. The van der Waals surface area contributed by atoms with Crippen LogP contribution in [0.25, 0.3) is 11.6 Å². The van der Waals surface area contributed by atoms with Gasteiger partial charge in [0.05, 0.1) is 12.2 Å². The molecule has 9 nitrogen and oxygen atoms in total. The first-order valence-corrected chi connectivity index (χ1v) is 8.92. The van der Waals surface area contributed by atoms with Gasteiger partial charge in [-0.1, -0.05) is 17.3 Å². The van der Waals surface area contributed by atoms with Gasteiger partial charge in [-0.3, -0.25) is 4.79 Å². The lowest BCUT2D eigenvalue weighted by molar-refractivity contribution is 0.0684. The molecule has 0 saturated carbocycles. The van der Waals surface area contributed by atoms with Crippen molar-refractivity contribution in [2.45, 2.75) is 38.6 Å². The van der Waals surface area contributed by atoms with Gasteiger partial charge >= 0.3 is 0 Å². The summed E-state index contributed by atoms with van der Waals surface area (Å²) in [6.07, 6.45) is 7.02. The van der Waals surface area contributed by atoms with Gasteiger partial charge in [0.2, 0.25) is 0 Å². The summed E-state index contributed by atoms with van der Waals surface area (Å²) < 4.78 is 7.10. The number of carbonyl (C=O) groups is 1. The first-order chi connectivity index (χ1) is 12.7. The van der Waals surface area contributed by atoms with Crippen LogP contribution in [0.15, 0.2) is 29.0 Å². The molecule has 0 spiro atoms. The summed E-state index contributed by atoms with van der Waals surface area (Å²) in [6.45, 7) is 3.46. The lowest BCUT2D eigenvalue weighted by atomic mass is 10.0. The van der Waals surface area contributed by atoms with Crippen LogP contribution in [0.1, 0.15) is 48.5 Å². The average Bonchev–Trinajstić information content (AvgIpc) is 3.42. The van der Waals surface area contributed by atoms with Crippen molar-refractivity contribution in [2.24, 2.45) is 0 Å². The molecule has 4 rings (SSSR count). The molecule has 0 bridgehead atoms. The minimum absolute atomic E-state index is 0.0436. The summed E-state index contributed by atoms with van der Waals surface area (Å²) in [6, 6.07) is 3.84. The lowest BCUT2D eigenvalue weighted by Crippen LogP contribution is -2.39. The molecule has 1 N–H and O–H groups in total. The zero-order valence-electron chi connectivity index (χ0n) is 14.6. The van der Waals surface area contributed by atoms with Crippen molar-refractivity contribution >= 4 is 5.91 Å². The van der Waals surface area contributed by atoms with Crippen molar-refractivity contribution in [3.05, 3.63) is 36.0 Å². The maximum Gasteiger partial charge on any atom is 0.280 e. The number of aryl methyl sites for hydroxylation is 1. The van der Waals surface area contributed by atoms with Crippen molar-refractivity contribution in [3.63, 3.8) is 0 Å². The second kappa shape index (κ2) is 7.11. The molecule has 9 heteroatoms. The number of nitrogens with zero attached hydrogens (tertiary/aromatic N) is 6. The van der Waals surface area contributed by atoms with Crippen LogP contribution in [0.3, 0.4) is 0 Å². The second-order valence-corrected chi connectivity index (χ2v) is 6.46. The zero-order valence-corrected chi connectivity index (χ0v) is 14.6. The van der Waals surface area contributed by atoms with E-state index >= 15 is 0 Å². The molecular formula is C17H21N7O2. The van der Waals surface area contributed by atoms with Crippen LogP contribution in [-0.2, 0) is 6.42 Å². The number of amides is 1. The Morgan fingerprint density at radius 3 is 2.96 bits per heavy atom. The molecule has 1 fully saturated rings. The van der Waals surface area contributed by atoms with E-state index < -0.39 is 0 Å². The maximum absolute atomic E-state index is 12.4. The van der Waals surface area contributed by atoms with E-state index in [1.54, 1.807) is 12.3 Å². The highest BCUT2D eigenvalue weighted by Crippen LogP contribution is 2.24. The Kier molecular flexibility index (Phi) is 4.51. The predicted molar refractivity (Wildman–Crippen MR) is 92.3 cm³/mol. The molecule has 1 aliphatic heterocycles. The highest BCUT2D eigenvalue weighted by Gasteiger charge is 2.26. The van der Waals surface area contributed by atoms with Crippen molar-refractivity contribution in [1.82, 2.24) is 35.0 Å². The molecule has 26 heavy (non-hydrogen) atoms. The number of rotatable bonds is 5. The predicted octanol–water partition coefficient (Wildman–Crippen LogP) is 2.09. The molecule has 136 valence electrons. The summed E-state index contributed by atoms with van der Waals surface area (Å²) in [7, 11) is 0. The number of H-pyrrole nitrogens is 1. The Bertz CT molecular complexity index is 859. The van der Waals surface area contributed by atoms with Crippen LogP contribution >= 0.6 is 0 Å². The zero-order chi connectivity index (χ0) is 17.9. The molecule has 0 aromatic carbocycles. The molecular weight excluding hydrogens is 334 g/mol. The van der Waals surface area contributed by atoms with Crippen LogP contribution < -0.4 is 0 Å². The second-order valence-electron chi connectivity index (χ2n) is 6.46. The van der Waals surface area contributed by atoms with E-state index in [9.17, 15) is 4.79 Å². The number of aromatic amines is 1. The Balaban J connectivity index is 1.39. The summed E-state index contributed by atoms with van der Waals surface area (Å²) in [5, 5.41) is 12.3. The van der Waals surface area contributed by atoms with Crippen molar-refractivity contribution in [3.8, 4) is 11.6 Å². The van der Waals surface area contributed by atoms with Crippen LogP contribution in [0.5, 0.6) is 0 Å². The molecule has 0 radical (unpaired) electrons. The fourth-order valence-electron chi connectivity index (χ4n) is 3.20. The highest BCUT2D eigenvalue weighted by atomic mass is 16.5. The molecule has 0 atom stereocenters. The maximum atomic E-state index is 12.4. The van der Waals surface area contributed by atoms with Gasteiger partial charge in [0.15, 0.2) is 11.5 Å². The monoisotopic (exact) mass is 355 g/mol. The average molecular weight is 355 g/mol. The summed E-state index contributed by atoms with van der Waals surface area (Å²) in [4.78, 5) is 21.6. The van der Waals surface area contributed by atoms with Crippen LogP contribution in [-0.4, -0.2) is 54.0 Å². The fourth-order valence-corrected chi connectivity index (χ4v) is 3.20. The van der Waals surface area contributed by atoms with Gasteiger partial charge in [-0.2, -0.15) is 4.98 Å². The minimum Gasteiger partial charge on any atom is -0.357 e. The van der Waals surface area contributed by atoms with Gasteiger partial charge in [-0.15, -0.1) is 5.10 Å². The van der Waals surface area contributed by atoms with Gasteiger partial charge in [-0.05, 0) is 31.4 Å². The topological polar surface area (TPSA) is 106 Å². The summed E-state index contributed by atoms with van der Waals surface area (Å²) >= 11 is 0. The molecule has 0 unspecified atom stereocenters. The van der Waals surface area contributed by atoms with E-state index in [2.05, 4.69) is 32.4 Å². The molecule has 1 aliphatic rings. The molecule has 3 aromatic heterocycles. The van der Waals surface area contributed by atoms with E-state index in [0.717, 1.165) is 25.7 Å². The largest absolute Gasteiger partial charge is 0.357 e. The lowest BCUT2D eigenvalue weighted by Gasteiger charge is -2.31. The number of nitrogens with one attached hydrogen (secondary N) is 1. The fraction of sp³-hybridized carbons (Fsp3) is 0.471. The molecule has 0 aliphatic carbocycles. The smallest absolute Gasteiger partial charge is 0.280 e. The van der Waals surface area contributed by atoms with Gasteiger partial charge < -0.3 is 14.4 Å². The number of aromatic nitrogens is 6. The number of carbonyl (C=O) groups excluding carboxylic acids is 1.